The van der Waals surface area contributed by atoms with Gasteiger partial charge in [-0.05, 0) is 17.7 Å². The quantitative estimate of drug-likeness (QED) is 0.827. The summed E-state index contributed by atoms with van der Waals surface area (Å²) in [7, 11) is 0. The molecule has 0 bridgehead atoms. The number of hydrogen-bond acceptors (Lipinski definition) is 3. The number of nitrogens with zero attached hydrogens (tertiary/aromatic N) is 2. The predicted octanol–water partition coefficient (Wildman–Crippen LogP) is 1.05. The van der Waals surface area contributed by atoms with Crippen molar-refractivity contribution in [3.63, 3.8) is 0 Å². The van der Waals surface area contributed by atoms with Gasteiger partial charge in [0.05, 0.1) is 12.9 Å². The number of aliphatic hydroxyl groups excluding tert-OH is 1. The van der Waals surface area contributed by atoms with Crippen molar-refractivity contribution in [2.24, 2.45) is 0 Å². The van der Waals surface area contributed by atoms with E-state index >= 15 is 0 Å². The average molecular weight is 229 g/mol. The number of aromatic nitrogens is 2. The minimum atomic E-state index is 0.0869. The number of benzene rings is 1. The lowest BCUT2D eigenvalue weighted by Gasteiger charge is -2.27. The summed E-state index contributed by atoms with van der Waals surface area (Å²) < 4.78 is 2.12. The van der Waals surface area contributed by atoms with E-state index in [1.165, 1.54) is 5.69 Å². The highest BCUT2D eigenvalue weighted by Crippen LogP contribution is 2.22. The van der Waals surface area contributed by atoms with Gasteiger partial charge in [0.25, 0.3) is 0 Å². The van der Waals surface area contributed by atoms with Crippen molar-refractivity contribution in [3.05, 3.63) is 48.0 Å². The van der Waals surface area contributed by atoms with Gasteiger partial charge in [0.2, 0.25) is 0 Å². The van der Waals surface area contributed by atoms with Crippen LogP contribution in [-0.2, 0) is 6.61 Å². The van der Waals surface area contributed by atoms with Crippen molar-refractivity contribution in [1.82, 2.24) is 14.9 Å². The maximum Gasteiger partial charge on any atom is 0.0994 e. The molecule has 1 aromatic carbocycles. The van der Waals surface area contributed by atoms with Gasteiger partial charge in [-0.15, -0.1) is 0 Å². The third-order valence-corrected chi connectivity index (χ3v) is 3.26. The van der Waals surface area contributed by atoms with Gasteiger partial charge in [0, 0.05) is 36.6 Å². The standard InChI is InChI=1S/C13H15N3O/c17-8-10-1-3-12(4-2-10)16-9-15-7-13(16)11-5-14-6-11/h1-4,7,9,11,14,17H,5-6,8H2. The highest BCUT2D eigenvalue weighted by Gasteiger charge is 2.22. The van der Waals surface area contributed by atoms with Crippen LogP contribution in [0.3, 0.4) is 0 Å². The van der Waals surface area contributed by atoms with Crippen LogP contribution in [0.4, 0.5) is 0 Å². The van der Waals surface area contributed by atoms with Crippen LogP contribution >= 0.6 is 0 Å². The molecule has 1 fully saturated rings. The Balaban J connectivity index is 1.94. The lowest BCUT2D eigenvalue weighted by atomic mass is 10.00. The Bertz CT molecular complexity index is 500. The molecule has 3 rings (SSSR count). The van der Waals surface area contributed by atoms with Crippen LogP contribution in [-0.4, -0.2) is 27.7 Å². The highest BCUT2D eigenvalue weighted by molar-refractivity contribution is 5.37. The van der Waals surface area contributed by atoms with Gasteiger partial charge < -0.3 is 15.0 Å². The molecule has 0 spiro atoms. The molecular weight excluding hydrogens is 214 g/mol. The van der Waals surface area contributed by atoms with E-state index in [9.17, 15) is 0 Å². The Morgan fingerprint density at radius 2 is 2.06 bits per heavy atom. The predicted molar refractivity (Wildman–Crippen MR) is 65.1 cm³/mol. The maximum absolute atomic E-state index is 9.02. The van der Waals surface area contributed by atoms with Crippen LogP contribution in [0, 0.1) is 0 Å². The van der Waals surface area contributed by atoms with Crippen molar-refractivity contribution < 1.29 is 5.11 Å². The van der Waals surface area contributed by atoms with Crippen LogP contribution < -0.4 is 5.32 Å². The maximum atomic E-state index is 9.02. The van der Waals surface area contributed by atoms with Crippen LogP contribution in [0.1, 0.15) is 17.2 Å². The van der Waals surface area contributed by atoms with Crippen LogP contribution in [0.25, 0.3) is 5.69 Å². The van der Waals surface area contributed by atoms with Gasteiger partial charge in [0.15, 0.2) is 0 Å². The van der Waals surface area contributed by atoms with E-state index in [2.05, 4.69) is 14.9 Å². The van der Waals surface area contributed by atoms with E-state index in [-0.39, 0.29) is 6.61 Å². The molecule has 2 N–H and O–H groups in total. The van der Waals surface area contributed by atoms with E-state index in [4.69, 9.17) is 5.11 Å². The van der Waals surface area contributed by atoms with Crippen molar-refractivity contribution in [3.8, 4) is 5.69 Å². The molecule has 0 radical (unpaired) electrons. The van der Waals surface area contributed by atoms with Gasteiger partial charge in [-0.2, -0.15) is 0 Å². The topological polar surface area (TPSA) is 50.1 Å². The summed E-state index contributed by atoms with van der Waals surface area (Å²) in [5.41, 5.74) is 3.28. The minimum Gasteiger partial charge on any atom is -0.392 e. The summed E-state index contributed by atoms with van der Waals surface area (Å²) in [6.45, 7) is 2.14. The molecule has 4 nitrogen and oxygen atoms in total. The first-order valence-corrected chi connectivity index (χ1v) is 5.81. The average Bonchev–Trinajstić information content (AvgIpc) is 2.76. The van der Waals surface area contributed by atoms with E-state index in [0.717, 1.165) is 24.3 Å². The molecule has 0 aliphatic carbocycles. The molecule has 17 heavy (non-hydrogen) atoms. The SMILES string of the molecule is OCc1ccc(-n2cncc2C2CNC2)cc1. The third kappa shape index (κ3) is 1.85. The molecular formula is C13H15N3O. The zero-order valence-electron chi connectivity index (χ0n) is 9.50. The molecule has 2 aromatic rings. The number of imidazole rings is 1. The van der Waals surface area contributed by atoms with Gasteiger partial charge >= 0.3 is 0 Å². The Kier molecular flexibility index (Phi) is 2.66. The zero-order valence-corrected chi connectivity index (χ0v) is 9.50. The Morgan fingerprint density at radius 1 is 1.29 bits per heavy atom. The molecule has 0 unspecified atom stereocenters. The minimum absolute atomic E-state index is 0.0869. The van der Waals surface area contributed by atoms with Gasteiger partial charge in [-0.25, -0.2) is 4.98 Å². The molecule has 1 aromatic heterocycles. The Labute approximate surface area is 99.9 Å². The van der Waals surface area contributed by atoms with Gasteiger partial charge in [-0.1, -0.05) is 12.1 Å². The van der Waals surface area contributed by atoms with E-state index in [1.54, 1.807) is 0 Å². The van der Waals surface area contributed by atoms with Crippen molar-refractivity contribution in [2.45, 2.75) is 12.5 Å². The fraction of sp³-hybridized carbons (Fsp3) is 0.308. The summed E-state index contributed by atoms with van der Waals surface area (Å²) in [6, 6.07) is 7.92. The summed E-state index contributed by atoms with van der Waals surface area (Å²) in [5.74, 6) is 0.565. The monoisotopic (exact) mass is 229 g/mol. The number of aliphatic hydroxyl groups is 1. The van der Waals surface area contributed by atoms with Crippen molar-refractivity contribution in [2.75, 3.05) is 13.1 Å². The lowest BCUT2D eigenvalue weighted by Crippen LogP contribution is -2.40. The van der Waals surface area contributed by atoms with Crippen molar-refractivity contribution in [1.29, 1.82) is 0 Å². The van der Waals surface area contributed by atoms with Gasteiger partial charge in [0.1, 0.15) is 0 Å². The fourth-order valence-electron chi connectivity index (χ4n) is 2.08. The molecule has 1 aliphatic heterocycles. The second-order valence-corrected chi connectivity index (χ2v) is 4.37. The molecule has 1 aliphatic rings. The van der Waals surface area contributed by atoms with E-state index in [1.807, 2.05) is 36.8 Å². The molecule has 0 saturated carbocycles. The number of hydrogen-bond donors (Lipinski definition) is 2. The van der Waals surface area contributed by atoms with E-state index in [0.29, 0.717) is 5.92 Å². The first kappa shape index (κ1) is 10.5. The van der Waals surface area contributed by atoms with Crippen LogP contribution in [0.5, 0.6) is 0 Å². The molecule has 1 saturated heterocycles. The number of rotatable bonds is 3. The molecule has 0 amide bonds. The van der Waals surface area contributed by atoms with Crippen molar-refractivity contribution >= 4 is 0 Å². The van der Waals surface area contributed by atoms with Crippen LogP contribution in [0.15, 0.2) is 36.8 Å². The number of nitrogens with one attached hydrogen (secondary N) is 1. The third-order valence-electron chi connectivity index (χ3n) is 3.26. The normalized spacial score (nSPS) is 15.8. The summed E-state index contributed by atoms with van der Waals surface area (Å²) in [6.07, 6.45) is 3.78. The summed E-state index contributed by atoms with van der Waals surface area (Å²) in [4.78, 5) is 4.23. The first-order valence-electron chi connectivity index (χ1n) is 5.81. The Hall–Kier alpha value is -1.65. The second-order valence-electron chi connectivity index (χ2n) is 4.37. The molecule has 2 heterocycles. The largest absolute Gasteiger partial charge is 0.392 e. The lowest BCUT2D eigenvalue weighted by molar-refractivity contribution is 0.282. The fourth-order valence-corrected chi connectivity index (χ4v) is 2.08. The Morgan fingerprint density at radius 3 is 2.65 bits per heavy atom. The van der Waals surface area contributed by atoms with E-state index < -0.39 is 0 Å². The summed E-state index contributed by atoms with van der Waals surface area (Å²) >= 11 is 0. The molecule has 4 heteroatoms. The van der Waals surface area contributed by atoms with Crippen LogP contribution in [0.2, 0.25) is 0 Å². The highest BCUT2D eigenvalue weighted by atomic mass is 16.3. The zero-order chi connectivity index (χ0) is 11.7. The van der Waals surface area contributed by atoms with Gasteiger partial charge in [-0.3, -0.25) is 0 Å². The molecule has 88 valence electrons. The first-order chi connectivity index (χ1) is 8.38. The summed E-state index contributed by atoms with van der Waals surface area (Å²) in [5, 5.41) is 12.3. The smallest absolute Gasteiger partial charge is 0.0994 e. The molecule has 0 atom stereocenters. The second kappa shape index (κ2) is 4.31.